The second-order valence-electron chi connectivity index (χ2n) is 5.42. The topological polar surface area (TPSA) is 76.4 Å². The summed E-state index contributed by atoms with van der Waals surface area (Å²) in [5.74, 6) is 0.910. The highest BCUT2D eigenvalue weighted by molar-refractivity contribution is 14.1. The van der Waals surface area contributed by atoms with Gasteiger partial charge in [0.2, 0.25) is 17.2 Å². The SMILES string of the molecule is Clc1nc(NCC[NH+]2CCOCC2)nc(Nc2ccc(I)cc2)n1. The molecule has 0 radical (unpaired) electrons. The normalized spacial score (nSPS) is 15.2. The monoisotopic (exact) mass is 461 g/mol. The number of nitrogens with zero attached hydrogens (tertiary/aromatic N) is 3. The van der Waals surface area contributed by atoms with Gasteiger partial charge in [0.05, 0.1) is 26.3 Å². The molecule has 2 heterocycles. The van der Waals surface area contributed by atoms with E-state index < -0.39 is 0 Å². The number of anilines is 3. The molecule has 0 spiro atoms. The lowest BCUT2D eigenvalue weighted by molar-refractivity contribution is -0.906. The Kier molecular flexibility index (Phi) is 6.41. The van der Waals surface area contributed by atoms with Crippen LogP contribution in [0.15, 0.2) is 24.3 Å². The van der Waals surface area contributed by atoms with Crippen LogP contribution in [0.2, 0.25) is 5.28 Å². The number of quaternary nitrogens is 1. The number of hydrogen-bond donors (Lipinski definition) is 3. The van der Waals surface area contributed by atoms with Gasteiger partial charge in [0.25, 0.3) is 0 Å². The van der Waals surface area contributed by atoms with Crippen molar-refractivity contribution in [2.24, 2.45) is 0 Å². The molecule has 0 saturated carbocycles. The van der Waals surface area contributed by atoms with E-state index in [1.807, 2.05) is 24.3 Å². The molecule has 1 aliphatic rings. The zero-order valence-corrected chi connectivity index (χ0v) is 16.0. The summed E-state index contributed by atoms with van der Waals surface area (Å²) in [6.07, 6.45) is 0. The Morgan fingerprint density at radius 1 is 1.08 bits per heavy atom. The Labute approximate surface area is 159 Å². The van der Waals surface area contributed by atoms with Gasteiger partial charge in [0, 0.05) is 9.26 Å². The van der Waals surface area contributed by atoms with Gasteiger partial charge in [-0.2, -0.15) is 15.0 Å². The molecule has 1 aromatic heterocycles. The highest BCUT2D eigenvalue weighted by Gasteiger charge is 2.13. The zero-order chi connectivity index (χ0) is 16.8. The molecule has 0 aliphatic carbocycles. The highest BCUT2D eigenvalue weighted by atomic mass is 127. The van der Waals surface area contributed by atoms with E-state index in [9.17, 15) is 0 Å². The number of benzene rings is 1. The summed E-state index contributed by atoms with van der Waals surface area (Å²) in [6, 6.07) is 7.95. The maximum absolute atomic E-state index is 6.00. The van der Waals surface area contributed by atoms with E-state index in [0.29, 0.717) is 11.9 Å². The molecule has 1 aliphatic heterocycles. The van der Waals surface area contributed by atoms with Crippen molar-refractivity contribution >= 4 is 51.8 Å². The maximum Gasteiger partial charge on any atom is 0.233 e. The van der Waals surface area contributed by atoms with E-state index >= 15 is 0 Å². The van der Waals surface area contributed by atoms with Crippen molar-refractivity contribution in [3.05, 3.63) is 33.1 Å². The first-order chi connectivity index (χ1) is 11.7. The average molecular weight is 462 g/mol. The van der Waals surface area contributed by atoms with E-state index in [4.69, 9.17) is 16.3 Å². The van der Waals surface area contributed by atoms with Crippen LogP contribution in [0.4, 0.5) is 17.6 Å². The molecule has 7 nitrogen and oxygen atoms in total. The molecule has 1 aromatic carbocycles. The van der Waals surface area contributed by atoms with Crippen molar-refractivity contribution < 1.29 is 9.64 Å². The number of halogens is 2. The van der Waals surface area contributed by atoms with Gasteiger partial charge in [-0.05, 0) is 58.5 Å². The predicted molar refractivity (Wildman–Crippen MR) is 102 cm³/mol. The predicted octanol–water partition coefficient (Wildman–Crippen LogP) is 1.20. The molecular formula is C15H19ClIN6O+. The van der Waals surface area contributed by atoms with Gasteiger partial charge in [-0.1, -0.05) is 0 Å². The fraction of sp³-hybridized carbons (Fsp3) is 0.400. The largest absolute Gasteiger partial charge is 0.370 e. The standard InChI is InChI=1S/C15H18ClIN6O/c16-13-20-14(18-5-6-23-7-9-24-10-8-23)22-15(21-13)19-12-3-1-11(17)2-4-12/h1-4H,5-10H2,(H2,18,19,20,21,22)/p+1. The third kappa shape index (κ3) is 5.40. The van der Waals surface area contributed by atoms with Crippen LogP contribution in [0.25, 0.3) is 0 Å². The molecule has 128 valence electrons. The van der Waals surface area contributed by atoms with Crippen LogP contribution in [0.5, 0.6) is 0 Å². The molecule has 2 aromatic rings. The fourth-order valence-corrected chi connectivity index (χ4v) is 2.93. The minimum atomic E-state index is 0.166. The lowest BCUT2D eigenvalue weighted by Crippen LogP contribution is -3.14. The van der Waals surface area contributed by atoms with Crippen molar-refractivity contribution in [3.8, 4) is 0 Å². The van der Waals surface area contributed by atoms with Crippen molar-refractivity contribution in [2.75, 3.05) is 50.0 Å². The van der Waals surface area contributed by atoms with Crippen LogP contribution in [0, 0.1) is 3.57 Å². The van der Waals surface area contributed by atoms with Crippen LogP contribution in [0.1, 0.15) is 0 Å². The summed E-state index contributed by atoms with van der Waals surface area (Å²) < 4.78 is 6.53. The van der Waals surface area contributed by atoms with Crippen LogP contribution >= 0.6 is 34.2 Å². The molecule has 1 fully saturated rings. The minimum Gasteiger partial charge on any atom is -0.370 e. The fourth-order valence-electron chi connectivity index (χ4n) is 2.41. The first kappa shape index (κ1) is 17.6. The van der Waals surface area contributed by atoms with Crippen LogP contribution < -0.4 is 15.5 Å². The van der Waals surface area contributed by atoms with E-state index in [1.54, 1.807) is 0 Å². The maximum atomic E-state index is 6.00. The number of rotatable bonds is 6. The number of ether oxygens (including phenoxy) is 1. The van der Waals surface area contributed by atoms with E-state index in [2.05, 4.69) is 48.2 Å². The summed E-state index contributed by atoms with van der Waals surface area (Å²) >= 11 is 8.27. The molecule has 0 unspecified atom stereocenters. The van der Waals surface area contributed by atoms with E-state index in [1.165, 1.54) is 8.47 Å². The Morgan fingerprint density at radius 2 is 1.79 bits per heavy atom. The summed E-state index contributed by atoms with van der Waals surface area (Å²) in [5.41, 5.74) is 0.904. The summed E-state index contributed by atoms with van der Waals surface area (Å²) in [6.45, 7) is 5.51. The molecule has 9 heteroatoms. The van der Waals surface area contributed by atoms with Gasteiger partial charge in [-0.25, -0.2) is 0 Å². The van der Waals surface area contributed by atoms with Crippen molar-refractivity contribution in [1.29, 1.82) is 0 Å². The van der Waals surface area contributed by atoms with Crippen LogP contribution in [-0.2, 0) is 4.74 Å². The van der Waals surface area contributed by atoms with E-state index in [0.717, 1.165) is 45.1 Å². The number of aromatic nitrogens is 3. The second-order valence-corrected chi connectivity index (χ2v) is 7.01. The Bertz CT molecular complexity index is 666. The summed E-state index contributed by atoms with van der Waals surface area (Å²) in [4.78, 5) is 14.1. The molecule has 24 heavy (non-hydrogen) atoms. The molecule has 3 N–H and O–H groups in total. The van der Waals surface area contributed by atoms with Crippen molar-refractivity contribution in [3.63, 3.8) is 0 Å². The molecule has 0 bridgehead atoms. The molecule has 3 rings (SSSR count). The smallest absolute Gasteiger partial charge is 0.233 e. The average Bonchev–Trinajstić information content (AvgIpc) is 2.57. The van der Waals surface area contributed by atoms with Gasteiger partial charge in [-0.15, -0.1) is 0 Å². The van der Waals surface area contributed by atoms with Gasteiger partial charge in [0.15, 0.2) is 0 Å². The van der Waals surface area contributed by atoms with Gasteiger partial charge in [-0.3, -0.25) is 0 Å². The Balaban J connectivity index is 1.57. The Morgan fingerprint density at radius 3 is 2.54 bits per heavy atom. The first-order valence-corrected chi connectivity index (χ1v) is 9.24. The number of hydrogen-bond acceptors (Lipinski definition) is 6. The minimum absolute atomic E-state index is 0.166. The third-order valence-corrected chi connectivity index (χ3v) is 4.56. The zero-order valence-electron chi connectivity index (χ0n) is 13.1. The molecule has 0 amide bonds. The van der Waals surface area contributed by atoms with Crippen molar-refractivity contribution in [1.82, 2.24) is 15.0 Å². The molecular weight excluding hydrogens is 443 g/mol. The summed E-state index contributed by atoms with van der Waals surface area (Å²) in [7, 11) is 0. The van der Waals surface area contributed by atoms with Crippen LogP contribution in [0.3, 0.4) is 0 Å². The highest BCUT2D eigenvalue weighted by Crippen LogP contribution is 2.17. The van der Waals surface area contributed by atoms with E-state index in [-0.39, 0.29) is 5.28 Å². The quantitative estimate of drug-likeness (QED) is 0.562. The third-order valence-electron chi connectivity index (χ3n) is 3.67. The number of nitrogens with one attached hydrogen (secondary N) is 3. The Hall–Kier alpha value is -1.23. The lowest BCUT2D eigenvalue weighted by atomic mass is 10.3. The first-order valence-electron chi connectivity index (χ1n) is 7.78. The van der Waals surface area contributed by atoms with Gasteiger partial charge >= 0.3 is 0 Å². The van der Waals surface area contributed by atoms with Crippen molar-refractivity contribution in [2.45, 2.75) is 0 Å². The van der Waals surface area contributed by atoms with Crippen LogP contribution in [-0.4, -0.2) is 54.3 Å². The second kappa shape index (κ2) is 8.75. The lowest BCUT2D eigenvalue weighted by Gasteiger charge is -2.23. The van der Waals surface area contributed by atoms with Gasteiger partial charge in [0.1, 0.15) is 13.1 Å². The molecule has 1 saturated heterocycles. The molecule has 0 atom stereocenters. The summed E-state index contributed by atoms with van der Waals surface area (Å²) in [5, 5.41) is 6.52. The van der Waals surface area contributed by atoms with Gasteiger partial charge < -0.3 is 20.3 Å². The number of morpholine rings is 1.